The molecule has 0 aliphatic heterocycles. The molecule has 0 aromatic carbocycles. The molecule has 1 aliphatic rings. The molecule has 4 nitrogen and oxygen atoms in total. The van der Waals surface area contributed by atoms with Crippen molar-refractivity contribution in [3.63, 3.8) is 0 Å². The number of hydrogen-bond donors (Lipinski definition) is 3. The Morgan fingerprint density at radius 3 is 2.36 bits per heavy atom. The second-order valence-electron chi connectivity index (χ2n) is 2.66. The summed E-state index contributed by atoms with van der Waals surface area (Å²) in [5.74, 6) is 4.88. The predicted octanol–water partition coefficient (Wildman–Crippen LogP) is -0.427. The maximum Gasteiger partial charge on any atom is 0.108 e. The van der Waals surface area contributed by atoms with Crippen molar-refractivity contribution in [2.75, 3.05) is 0 Å². The monoisotopic (exact) mass is 183 g/mol. The minimum Gasteiger partial charge on any atom is -0.390 e. The minimum atomic E-state index is -0.807. The van der Waals surface area contributed by atoms with Gasteiger partial charge in [0.05, 0.1) is 6.10 Å². The van der Waals surface area contributed by atoms with Gasteiger partial charge in [-0.1, -0.05) is 0 Å². The average molecular weight is 184 g/mol. The van der Waals surface area contributed by atoms with Gasteiger partial charge in [0, 0.05) is 0 Å². The third-order valence-electron chi connectivity index (χ3n) is 1.94. The van der Waals surface area contributed by atoms with Gasteiger partial charge in [-0.15, -0.1) is 12.4 Å². The molecule has 1 rings (SSSR count). The van der Waals surface area contributed by atoms with E-state index in [1.165, 1.54) is 0 Å². The number of aliphatic hydroxyl groups is 2. The van der Waals surface area contributed by atoms with Crippen molar-refractivity contribution in [3.05, 3.63) is 0 Å². The zero-order valence-electron chi connectivity index (χ0n) is 6.14. The van der Waals surface area contributed by atoms with E-state index in [9.17, 15) is 5.11 Å². The van der Waals surface area contributed by atoms with E-state index >= 15 is 0 Å². The van der Waals surface area contributed by atoms with Crippen LogP contribution in [0.4, 0.5) is 0 Å². The van der Waals surface area contributed by atoms with E-state index in [1.807, 2.05) is 0 Å². The normalized spacial score (nSPS) is 37.9. The number of nitrogens with two attached hydrogens (primary N) is 1. The smallest absolute Gasteiger partial charge is 0.108 e. The van der Waals surface area contributed by atoms with Crippen LogP contribution in [0.5, 0.6) is 0 Å². The second-order valence-corrected chi connectivity index (χ2v) is 2.66. The molecule has 5 heteroatoms. The second kappa shape index (κ2) is 4.90. The van der Waals surface area contributed by atoms with Crippen molar-refractivity contribution in [3.8, 4) is 0 Å². The molecular weight excluding hydrogens is 170 g/mol. The van der Waals surface area contributed by atoms with Gasteiger partial charge in [-0.25, -0.2) is 5.90 Å². The molecule has 1 saturated carbocycles. The van der Waals surface area contributed by atoms with Crippen LogP contribution in [0.3, 0.4) is 0 Å². The molecule has 0 aromatic rings. The van der Waals surface area contributed by atoms with Crippen molar-refractivity contribution >= 4 is 12.4 Å². The zero-order chi connectivity index (χ0) is 7.56. The minimum absolute atomic E-state index is 0. The standard InChI is InChI=1S/C6H13NO3.ClH/c7-10-5-3-1-2-4(8)6(5)9;/h4-6,8-9H,1-3,7H2;1H/t4-,5-,6-;/m0./s1. The van der Waals surface area contributed by atoms with E-state index in [0.717, 1.165) is 12.8 Å². The summed E-state index contributed by atoms with van der Waals surface area (Å²) in [5.41, 5.74) is 0. The van der Waals surface area contributed by atoms with Gasteiger partial charge in [-0.3, -0.25) is 4.84 Å². The van der Waals surface area contributed by atoms with Crippen molar-refractivity contribution in [2.24, 2.45) is 5.90 Å². The van der Waals surface area contributed by atoms with E-state index in [1.54, 1.807) is 0 Å². The van der Waals surface area contributed by atoms with Crippen LogP contribution in [0.15, 0.2) is 0 Å². The van der Waals surface area contributed by atoms with E-state index < -0.39 is 12.2 Å². The topological polar surface area (TPSA) is 75.7 Å². The number of hydrogen-bond acceptors (Lipinski definition) is 4. The summed E-state index contributed by atoms with van der Waals surface area (Å²) in [7, 11) is 0. The Bertz CT molecular complexity index is 114. The Labute approximate surface area is 71.7 Å². The molecule has 0 spiro atoms. The van der Waals surface area contributed by atoms with E-state index in [0.29, 0.717) is 6.42 Å². The maximum absolute atomic E-state index is 9.18. The highest BCUT2D eigenvalue weighted by atomic mass is 35.5. The van der Waals surface area contributed by atoms with Gasteiger partial charge in [0.15, 0.2) is 0 Å². The first-order valence-corrected chi connectivity index (χ1v) is 3.47. The molecular formula is C6H14ClNO3. The van der Waals surface area contributed by atoms with E-state index in [2.05, 4.69) is 4.84 Å². The van der Waals surface area contributed by atoms with Gasteiger partial charge in [0.1, 0.15) is 12.2 Å². The van der Waals surface area contributed by atoms with Crippen LogP contribution in [0, 0.1) is 0 Å². The van der Waals surface area contributed by atoms with Crippen LogP contribution in [0.25, 0.3) is 0 Å². The molecule has 0 saturated heterocycles. The van der Waals surface area contributed by atoms with Crippen LogP contribution < -0.4 is 5.90 Å². The average Bonchev–Trinajstić information content (AvgIpc) is 1.95. The molecule has 1 fully saturated rings. The van der Waals surface area contributed by atoms with Crippen LogP contribution in [0.1, 0.15) is 19.3 Å². The SMILES string of the molecule is Cl.NO[C@H]1CCC[C@H](O)[C@@H]1O. The van der Waals surface area contributed by atoms with E-state index in [-0.39, 0.29) is 18.5 Å². The van der Waals surface area contributed by atoms with E-state index in [4.69, 9.17) is 11.0 Å². The lowest BCUT2D eigenvalue weighted by Gasteiger charge is -2.29. The van der Waals surface area contributed by atoms with Crippen LogP contribution in [-0.2, 0) is 4.84 Å². The first-order chi connectivity index (χ1) is 4.75. The zero-order valence-corrected chi connectivity index (χ0v) is 6.96. The highest BCUT2D eigenvalue weighted by Gasteiger charge is 2.30. The lowest BCUT2D eigenvalue weighted by atomic mass is 9.92. The Balaban J connectivity index is 0.000001000. The Hall–Kier alpha value is 0.130. The molecule has 0 bridgehead atoms. The fourth-order valence-corrected chi connectivity index (χ4v) is 1.27. The van der Waals surface area contributed by atoms with Gasteiger partial charge in [0.25, 0.3) is 0 Å². The fraction of sp³-hybridized carbons (Fsp3) is 1.00. The summed E-state index contributed by atoms with van der Waals surface area (Å²) in [5, 5.41) is 18.3. The third-order valence-corrected chi connectivity index (χ3v) is 1.94. The number of aliphatic hydroxyl groups excluding tert-OH is 2. The predicted molar refractivity (Wildman–Crippen MR) is 42.2 cm³/mol. The van der Waals surface area contributed by atoms with Gasteiger partial charge < -0.3 is 10.2 Å². The largest absolute Gasteiger partial charge is 0.390 e. The maximum atomic E-state index is 9.18. The van der Waals surface area contributed by atoms with Crippen molar-refractivity contribution in [1.29, 1.82) is 0 Å². The first-order valence-electron chi connectivity index (χ1n) is 3.47. The Morgan fingerprint density at radius 1 is 1.27 bits per heavy atom. The molecule has 0 heterocycles. The highest BCUT2D eigenvalue weighted by Crippen LogP contribution is 2.20. The molecule has 11 heavy (non-hydrogen) atoms. The van der Waals surface area contributed by atoms with Crippen LogP contribution >= 0.6 is 12.4 Å². The summed E-state index contributed by atoms with van der Waals surface area (Å²) in [6.45, 7) is 0. The summed E-state index contributed by atoms with van der Waals surface area (Å²) in [6.07, 6.45) is 0.375. The van der Waals surface area contributed by atoms with Gasteiger partial charge in [-0.2, -0.15) is 0 Å². The van der Waals surface area contributed by atoms with Crippen molar-refractivity contribution in [2.45, 2.75) is 37.6 Å². The summed E-state index contributed by atoms with van der Waals surface area (Å²) >= 11 is 0. The van der Waals surface area contributed by atoms with Crippen molar-refractivity contribution in [1.82, 2.24) is 0 Å². The van der Waals surface area contributed by atoms with Crippen molar-refractivity contribution < 1.29 is 15.1 Å². The summed E-state index contributed by atoms with van der Waals surface area (Å²) in [6, 6.07) is 0. The van der Waals surface area contributed by atoms with Gasteiger partial charge >= 0.3 is 0 Å². The van der Waals surface area contributed by atoms with Crippen LogP contribution in [-0.4, -0.2) is 28.5 Å². The lowest BCUT2D eigenvalue weighted by Crippen LogP contribution is -2.43. The molecule has 0 unspecified atom stereocenters. The number of rotatable bonds is 1. The van der Waals surface area contributed by atoms with Crippen LogP contribution in [0.2, 0.25) is 0 Å². The van der Waals surface area contributed by atoms with Gasteiger partial charge in [-0.05, 0) is 19.3 Å². The third kappa shape index (κ3) is 2.57. The quantitative estimate of drug-likeness (QED) is 0.483. The summed E-state index contributed by atoms with van der Waals surface area (Å²) in [4.78, 5) is 4.46. The summed E-state index contributed by atoms with van der Waals surface area (Å²) < 4.78 is 0. The molecule has 0 aromatic heterocycles. The van der Waals surface area contributed by atoms with Gasteiger partial charge in [0.2, 0.25) is 0 Å². The Kier molecular flexibility index (Phi) is 4.96. The number of halogens is 1. The molecule has 1 aliphatic carbocycles. The molecule has 0 amide bonds. The molecule has 3 atom stereocenters. The Morgan fingerprint density at radius 2 is 1.91 bits per heavy atom. The molecule has 4 N–H and O–H groups in total. The highest BCUT2D eigenvalue weighted by molar-refractivity contribution is 5.85. The molecule has 0 radical (unpaired) electrons. The molecule has 68 valence electrons. The fourth-order valence-electron chi connectivity index (χ4n) is 1.27. The lowest BCUT2D eigenvalue weighted by molar-refractivity contribution is -0.114. The first kappa shape index (κ1) is 11.1.